The maximum absolute atomic E-state index is 13.1. The van der Waals surface area contributed by atoms with Crippen LogP contribution in [0.1, 0.15) is 42.6 Å². The number of anilines is 2. The van der Waals surface area contributed by atoms with Gasteiger partial charge in [0.2, 0.25) is 0 Å². The molecule has 8 nitrogen and oxygen atoms in total. The fourth-order valence-electron chi connectivity index (χ4n) is 4.61. The normalized spacial score (nSPS) is 19.8. The monoisotopic (exact) mass is 421 g/mol. The van der Waals surface area contributed by atoms with Crippen LogP contribution in [0.25, 0.3) is 5.65 Å². The Morgan fingerprint density at radius 1 is 1.32 bits per heavy atom. The number of nitrogens with one attached hydrogen (secondary N) is 1. The van der Waals surface area contributed by atoms with Gasteiger partial charge < -0.3 is 20.1 Å². The number of carbonyl (C=O) groups excluding carboxylic acids is 1. The quantitative estimate of drug-likeness (QED) is 0.673. The standard InChI is InChI=1S/C23H27N5O3/c1-14-10-17-11-19(26-23(30)18-13-25-28-7-3-6-24-22(18)28)20(12-21(17)31-14)27-8-4-16(5-9-27)15(2)29/h3,6-7,11-16,29H,4-5,8-10H2,1-2H3,(H,26,30). The van der Waals surface area contributed by atoms with Crippen LogP contribution in [-0.4, -0.2) is 50.9 Å². The molecule has 2 aliphatic rings. The lowest BCUT2D eigenvalue weighted by molar-refractivity contribution is 0.102. The molecule has 8 heteroatoms. The van der Waals surface area contributed by atoms with Crippen molar-refractivity contribution in [3.8, 4) is 5.75 Å². The molecule has 2 atom stereocenters. The Hall–Kier alpha value is -3.13. The minimum Gasteiger partial charge on any atom is -0.490 e. The second-order valence-corrected chi connectivity index (χ2v) is 8.57. The van der Waals surface area contributed by atoms with E-state index in [0.29, 0.717) is 17.1 Å². The van der Waals surface area contributed by atoms with Gasteiger partial charge in [-0.15, -0.1) is 0 Å². The van der Waals surface area contributed by atoms with Crippen LogP contribution < -0.4 is 15.0 Å². The zero-order valence-electron chi connectivity index (χ0n) is 17.8. The highest BCUT2D eigenvalue weighted by molar-refractivity contribution is 6.09. The summed E-state index contributed by atoms with van der Waals surface area (Å²) in [7, 11) is 0. The molecule has 0 spiro atoms. The molecule has 1 amide bonds. The van der Waals surface area contributed by atoms with Gasteiger partial charge in [-0.25, -0.2) is 9.50 Å². The highest BCUT2D eigenvalue weighted by Crippen LogP contribution is 2.40. The van der Waals surface area contributed by atoms with E-state index in [9.17, 15) is 9.90 Å². The Morgan fingerprint density at radius 3 is 2.90 bits per heavy atom. The number of carbonyl (C=O) groups is 1. The third kappa shape index (κ3) is 3.72. The van der Waals surface area contributed by atoms with Gasteiger partial charge in [-0.05, 0) is 44.7 Å². The predicted molar refractivity (Wildman–Crippen MR) is 118 cm³/mol. The van der Waals surface area contributed by atoms with E-state index in [1.54, 1.807) is 29.2 Å². The molecule has 2 aliphatic heterocycles. The van der Waals surface area contributed by atoms with Gasteiger partial charge >= 0.3 is 0 Å². The van der Waals surface area contributed by atoms with Gasteiger partial charge in [-0.2, -0.15) is 5.10 Å². The molecule has 1 fully saturated rings. The van der Waals surface area contributed by atoms with Crippen LogP contribution in [-0.2, 0) is 6.42 Å². The number of aliphatic hydroxyl groups excluding tert-OH is 1. The van der Waals surface area contributed by atoms with Crippen molar-refractivity contribution in [2.75, 3.05) is 23.3 Å². The fourth-order valence-corrected chi connectivity index (χ4v) is 4.61. The highest BCUT2D eigenvalue weighted by atomic mass is 16.5. The summed E-state index contributed by atoms with van der Waals surface area (Å²) in [4.78, 5) is 19.7. The summed E-state index contributed by atoms with van der Waals surface area (Å²) in [5, 5.41) is 17.3. The Balaban J connectivity index is 1.46. The van der Waals surface area contributed by atoms with Crippen molar-refractivity contribution >= 4 is 22.9 Å². The molecule has 4 heterocycles. The molecule has 0 bridgehead atoms. The van der Waals surface area contributed by atoms with Crippen LogP contribution >= 0.6 is 0 Å². The summed E-state index contributed by atoms with van der Waals surface area (Å²) < 4.78 is 7.58. The number of hydrogen-bond donors (Lipinski definition) is 2. The highest BCUT2D eigenvalue weighted by Gasteiger charge is 2.28. The number of amides is 1. The minimum absolute atomic E-state index is 0.124. The van der Waals surface area contributed by atoms with Crippen molar-refractivity contribution in [3.05, 3.63) is 47.9 Å². The van der Waals surface area contributed by atoms with E-state index in [4.69, 9.17) is 4.74 Å². The summed E-state index contributed by atoms with van der Waals surface area (Å²) in [6.07, 6.45) is 7.44. The van der Waals surface area contributed by atoms with Gasteiger partial charge in [0.1, 0.15) is 17.4 Å². The summed E-state index contributed by atoms with van der Waals surface area (Å²) in [5.74, 6) is 0.960. The smallest absolute Gasteiger partial charge is 0.261 e. The average Bonchev–Trinajstić information content (AvgIpc) is 3.35. The molecular weight excluding hydrogens is 394 g/mol. The Morgan fingerprint density at radius 2 is 2.13 bits per heavy atom. The number of hydrogen-bond acceptors (Lipinski definition) is 6. The molecule has 2 aromatic heterocycles. The largest absolute Gasteiger partial charge is 0.490 e. The molecule has 2 N–H and O–H groups in total. The lowest BCUT2D eigenvalue weighted by atomic mass is 9.91. The summed E-state index contributed by atoms with van der Waals surface area (Å²) >= 11 is 0. The number of aromatic nitrogens is 3. The van der Waals surface area contributed by atoms with Crippen molar-refractivity contribution in [1.82, 2.24) is 14.6 Å². The minimum atomic E-state index is -0.298. The van der Waals surface area contributed by atoms with Crippen LogP contribution in [0.3, 0.4) is 0 Å². The summed E-state index contributed by atoms with van der Waals surface area (Å²) in [5.41, 5.74) is 3.78. The van der Waals surface area contributed by atoms with Crippen molar-refractivity contribution in [3.63, 3.8) is 0 Å². The van der Waals surface area contributed by atoms with E-state index < -0.39 is 0 Å². The van der Waals surface area contributed by atoms with Crippen molar-refractivity contribution in [2.45, 2.75) is 45.3 Å². The molecule has 3 aromatic rings. The number of piperidine rings is 1. The summed E-state index contributed by atoms with van der Waals surface area (Å²) in [6.45, 7) is 5.56. The first-order valence-electron chi connectivity index (χ1n) is 10.9. The van der Waals surface area contributed by atoms with E-state index >= 15 is 0 Å². The van der Waals surface area contributed by atoms with E-state index in [2.05, 4.69) is 27.2 Å². The van der Waals surface area contributed by atoms with Gasteiger partial charge in [0.15, 0.2) is 5.65 Å². The third-order valence-corrected chi connectivity index (χ3v) is 6.35. The number of aliphatic hydroxyl groups is 1. The van der Waals surface area contributed by atoms with Crippen LogP contribution in [0, 0.1) is 5.92 Å². The zero-order chi connectivity index (χ0) is 21.5. The molecule has 5 rings (SSSR count). The van der Waals surface area contributed by atoms with E-state index in [0.717, 1.165) is 55.0 Å². The van der Waals surface area contributed by atoms with Crippen LogP contribution in [0.5, 0.6) is 5.75 Å². The first kappa shape index (κ1) is 19.8. The van der Waals surface area contributed by atoms with Gasteiger partial charge in [-0.3, -0.25) is 4.79 Å². The van der Waals surface area contributed by atoms with Gasteiger partial charge in [-0.1, -0.05) is 0 Å². The van der Waals surface area contributed by atoms with E-state index in [-0.39, 0.29) is 18.1 Å². The lowest BCUT2D eigenvalue weighted by Crippen LogP contribution is -2.37. The second-order valence-electron chi connectivity index (χ2n) is 8.57. The molecule has 31 heavy (non-hydrogen) atoms. The molecule has 0 radical (unpaired) electrons. The third-order valence-electron chi connectivity index (χ3n) is 6.35. The number of nitrogens with zero attached hydrogens (tertiary/aromatic N) is 4. The Kier molecular flexibility index (Phi) is 5.02. The van der Waals surface area contributed by atoms with Crippen molar-refractivity contribution in [1.29, 1.82) is 0 Å². The zero-order valence-corrected chi connectivity index (χ0v) is 17.8. The topological polar surface area (TPSA) is 92.0 Å². The SMILES string of the molecule is CC1Cc2cc(NC(=O)c3cnn4cccnc34)c(N3CCC(C(C)O)CC3)cc2O1. The van der Waals surface area contributed by atoms with Crippen molar-refractivity contribution in [2.24, 2.45) is 5.92 Å². The number of rotatable bonds is 4. The Bertz CT molecular complexity index is 1120. The van der Waals surface area contributed by atoms with Crippen molar-refractivity contribution < 1.29 is 14.6 Å². The number of fused-ring (bicyclic) bond motifs is 2. The summed E-state index contributed by atoms with van der Waals surface area (Å²) in [6, 6.07) is 5.86. The van der Waals surface area contributed by atoms with Crippen LogP contribution in [0.2, 0.25) is 0 Å². The molecule has 0 saturated carbocycles. The average molecular weight is 422 g/mol. The maximum Gasteiger partial charge on any atom is 0.261 e. The van der Waals surface area contributed by atoms with Gasteiger partial charge in [0.25, 0.3) is 5.91 Å². The van der Waals surface area contributed by atoms with Crippen LogP contribution in [0.15, 0.2) is 36.8 Å². The first-order chi connectivity index (χ1) is 15.0. The maximum atomic E-state index is 13.1. The first-order valence-corrected chi connectivity index (χ1v) is 10.9. The number of ether oxygens (including phenoxy) is 1. The molecule has 162 valence electrons. The molecule has 1 saturated heterocycles. The number of benzene rings is 1. The Labute approximate surface area is 180 Å². The van der Waals surface area contributed by atoms with E-state index in [1.807, 2.05) is 19.1 Å². The van der Waals surface area contributed by atoms with Gasteiger partial charge in [0, 0.05) is 43.5 Å². The molecular formula is C23H27N5O3. The molecule has 0 aliphatic carbocycles. The van der Waals surface area contributed by atoms with Gasteiger partial charge in [0.05, 0.1) is 23.7 Å². The molecule has 1 aromatic carbocycles. The van der Waals surface area contributed by atoms with Crippen LogP contribution in [0.4, 0.5) is 11.4 Å². The second kappa shape index (κ2) is 7.85. The predicted octanol–water partition coefficient (Wildman–Crippen LogP) is 2.90. The molecule has 2 unspecified atom stereocenters. The fraction of sp³-hybridized carbons (Fsp3) is 0.435. The van der Waals surface area contributed by atoms with E-state index in [1.165, 1.54) is 0 Å². The lowest BCUT2D eigenvalue weighted by Gasteiger charge is -2.36.